The first-order chi connectivity index (χ1) is 14.2. The molecule has 160 valence electrons. The second-order valence-electron chi connectivity index (χ2n) is 6.60. The molecule has 0 saturated carbocycles. The molecule has 1 aliphatic heterocycles. The molecular formula is C18H19ClFN5O4S. The molecule has 30 heavy (non-hydrogen) atoms. The molecule has 0 spiro atoms. The lowest BCUT2D eigenvalue weighted by Gasteiger charge is -2.35. The monoisotopic (exact) mass is 455 g/mol. The lowest BCUT2D eigenvalue weighted by molar-refractivity contribution is -0.124. The van der Waals surface area contributed by atoms with Gasteiger partial charge in [-0.15, -0.1) is 0 Å². The van der Waals surface area contributed by atoms with E-state index in [1.165, 1.54) is 19.2 Å². The molecule has 2 heterocycles. The van der Waals surface area contributed by atoms with E-state index in [4.69, 9.17) is 11.6 Å². The van der Waals surface area contributed by atoms with E-state index in [0.717, 1.165) is 10.4 Å². The third-order valence-electron chi connectivity index (χ3n) is 4.54. The van der Waals surface area contributed by atoms with Crippen LogP contribution in [0.1, 0.15) is 12.1 Å². The number of nitrogens with one attached hydrogen (secondary N) is 3. The number of likely N-dealkylation sites (N-methyl/N-ethyl adjacent to an activating group) is 1. The molecule has 12 heteroatoms. The molecule has 1 aromatic heterocycles. The fourth-order valence-corrected chi connectivity index (χ4v) is 4.31. The normalized spacial score (nSPS) is 21.0. The molecule has 2 amide bonds. The lowest BCUT2D eigenvalue weighted by Crippen LogP contribution is -2.62. The summed E-state index contributed by atoms with van der Waals surface area (Å²) in [6.45, 7) is 0.110. The maximum Gasteiger partial charge on any atom is 0.280 e. The van der Waals surface area contributed by atoms with Crippen LogP contribution >= 0.6 is 11.6 Å². The van der Waals surface area contributed by atoms with Crippen LogP contribution in [0.25, 0.3) is 0 Å². The molecule has 2 atom stereocenters. The number of aromatic nitrogens is 1. The highest BCUT2D eigenvalue weighted by molar-refractivity contribution is 7.87. The fraction of sp³-hybridized carbons (Fsp3) is 0.278. The summed E-state index contributed by atoms with van der Waals surface area (Å²) >= 11 is 5.71. The maximum absolute atomic E-state index is 13.3. The number of anilines is 1. The smallest absolute Gasteiger partial charge is 0.280 e. The zero-order chi connectivity index (χ0) is 21.9. The summed E-state index contributed by atoms with van der Waals surface area (Å²) in [4.78, 5) is 29.3. The number of pyridine rings is 1. The third-order valence-corrected chi connectivity index (χ3v) is 6.43. The van der Waals surface area contributed by atoms with Crippen molar-refractivity contribution in [1.82, 2.24) is 19.3 Å². The van der Waals surface area contributed by atoms with Gasteiger partial charge < -0.3 is 10.6 Å². The van der Waals surface area contributed by atoms with Crippen LogP contribution in [0.5, 0.6) is 0 Å². The van der Waals surface area contributed by atoms with Crippen molar-refractivity contribution < 1.29 is 22.4 Å². The summed E-state index contributed by atoms with van der Waals surface area (Å²) in [5.74, 6) is -1.91. The van der Waals surface area contributed by atoms with Crippen molar-refractivity contribution in [1.29, 1.82) is 0 Å². The van der Waals surface area contributed by atoms with Gasteiger partial charge in [-0.1, -0.05) is 17.7 Å². The van der Waals surface area contributed by atoms with Gasteiger partial charge in [0.25, 0.3) is 10.2 Å². The minimum absolute atomic E-state index is 0.107. The Bertz CT molecular complexity index is 1050. The van der Waals surface area contributed by atoms with Gasteiger partial charge in [-0.2, -0.15) is 17.4 Å². The highest BCUT2D eigenvalue weighted by Crippen LogP contribution is 2.22. The molecule has 1 aliphatic rings. The summed E-state index contributed by atoms with van der Waals surface area (Å²) in [6.07, 6.45) is 1.46. The van der Waals surface area contributed by atoms with Crippen LogP contribution in [-0.2, 0) is 26.3 Å². The van der Waals surface area contributed by atoms with Crippen LogP contribution in [0, 0.1) is 5.82 Å². The number of amides is 2. The van der Waals surface area contributed by atoms with Crippen molar-refractivity contribution in [2.45, 2.75) is 25.0 Å². The van der Waals surface area contributed by atoms with E-state index in [-0.39, 0.29) is 23.7 Å². The molecule has 9 nitrogen and oxygen atoms in total. The number of rotatable bonds is 5. The molecule has 3 N–H and O–H groups in total. The topological polar surface area (TPSA) is 120 Å². The Morgan fingerprint density at radius 1 is 1.30 bits per heavy atom. The standard InChI is InChI=1S/C18H19ClFN5O4S/c1-25-16(18(27)23-11-5-6-14(20)13(19)8-11)9-15(24-30(25,28)29)17(26)22-10-12-4-2-3-7-21-12/h2-8,15-16,24H,9-10H2,1H3,(H,22,26)(H,23,27). The van der Waals surface area contributed by atoms with E-state index in [9.17, 15) is 22.4 Å². The van der Waals surface area contributed by atoms with Gasteiger partial charge in [0.1, 0.15) is 17.9 Å². The predicted molar refractivity (Wildman–Crippen MR) is 108 cm³/mol. The highest BCUT2D eigenvalue weighted by Gasteiger charge is 2.42. The summed E-state index contributed by atoms with van der Waals surface area (Å²) in [5, 5.41) is 4.92. The van der Waals surface area contributed by atoms with E-state index in [1.54, 1.807) is 24.4 Å². The van der Waals surface area contributed by atoms with Crippen LogP contribution in [-0.4, -0.2) is 48.7 Å². The van der Waals surface area contributed by atoms with Gasteiger partial charge in [-0.25, -0.2) is 4.39 Å². The van der Waals surface area contributed by atoms with E-state index in [1.807, 2.05) is 0 Å². The van der Waals surface area contributed by atoms with Gasteiger partial charge in [0.05, 0.1) is 17.3 Å². The number of benzene rings is 1. The quantitative estimate of drug-likeness (QED) is 0.622. The number of hydrogen-bond donors (Lipinski definition) is 3. The number of carbonyl (C=O) groups excluding carboxylic acids is 2. The van der Waals surface area contributed by atoms with E-state index < -0.39 is 39.9 Å². The van der Waals surface area contributed by atoms with Gasteiger partial charge >= 0.3 is 0 Å². The molecule has 0 aliphatic carbocycles. The Balaban J connectivity index is 1.71. The van der Waals surface area contributed by atoms with Crippen molar-refractivity contribution in [3.8, 4) is 0 Å². The van der Waals surface area contributed by atoms with Crippen molar-refractivity contribution >= 4 is 39.3 Å². The molecule has 0 bridgehead atoms. The minimum Gasteiger partial charge on any atom is -0.349 e. The Kier molecular flexibility index (Phi) is 6.66. The number of hydrogen-bond acceptors (Lipinski definition) is 5. The molecule has 2 unspecified atom stereocenters. The first-order valence-electron chi connectivity index (χ1n) is 8.86. The Morgan fingerprint density at radius 2 is 2.07 bits per heavy atom. The van der Waals surface area contributed by atoms with E-state index >= 15 is 0 Å². The summed E-state index contributed by atoms with van der Waals surface area (Å²) in [6, 6.07) is 6.47. The fourth-order valence-electron chi connectivity index (χ4n) is 2.89. The van der Waals surface area contributed by atoms with Crippen LogP contribution in [0.3, 0.4) is 0 Å². The van der Waals surface area contributed by atoms with E-state index in [2.05, 4.69) is 20.3 Å². The summed E-state index contributed by atoms with van der Waals surface area (Å²) in [5.41, 5.74) is 0.802. The second-order valence-corrected chi connectivity index (χ2v) is 8.77. The zero-order valence-electron chi connectivity index (χ0n) is 15.8. The number of halogens is 2. The van der Waals surface area contributed by atoms with Gasteiger partial charge in [0, 0.05) is 18.9 Å². The average molecular weight is 456 g/mol. The van der Waals surface area contributed by atoms with Crippen molar-refractivity contribution in [3.05, 3.63) is 59.1 Å². The lowest BCUT2D eigenvalue weighted by atomic mass is 10.1. The average Bonchev–Trinajstić information content (AvgIpc) is 2.71. The van der Waals surface area contributed by atoms with E-state index in [0.29, 0.717) is 5.69 Å². The molecule has 2 aromatic rings. The number of nitrogens with zero attached hydrogens (tertiary/aromatic N) is 2. The summed E-state index contributed by atoms with van der Waals surface area (Å²) in [7, 11) is -2.85. The zero-order valence-corrected chi connectivity index (χ0v) is 17.4. The van der Waals surface area contributed by atoms with Crippen LogP contribution in [0.4, 0.5) is 10.1 Å². The predicted octanol–water partition coefficient (Wildman–Crippen LogP) is 1.04. The molecule has 1 saturated heterocycles. The van der Waals surface area contributed by atoms with Crippen molar-refractivity contribution in [2.24, 2.45) is 0 Å². The van der Waals surface area contributed by atoms with Crippen LogP contribution < -0.4 is 15.4 Å². The van der Waals surface area contributed by atoms with Gasteiger partial charge in [-0.05, 0) is 36.8 Å². The molecule has 1 aromatic carbocycles. The Morgan fingerprint density at radius 3 is 2.73 bits per heavy atom. The maximum atomic E-state index is 13.3. The second kappa shape index (κ2) is 9.04. The first kappa shape index (κ1) is 22.1. The van der Waals surface area contributed by atoms with Crippen molar-refractivity contribution in [2.75, 3.05) is 12.4 Å². The SMILES string of the molecule is CN1C(C(=O)Nc2ccc(F)c(Cl)c2)CC(C(=O)NCc2ccccn2)NS1(=O)=O. The first-order valence-corrected chi connectivity index (χ1v) is 10.7. The number of carbonyl (C=O) groups is 2. The van der Waals surface area contributed by atoms with Crippen LogP contribution in [0.15, 0.2) is 42.6 Å². The molecule has 0 radical (unpaired) electrons. The highest BCUT2D eigenvalue weighted by atomic mass is 35.5. The third kappa shape index (κ3) is 5.11. The van der Waals surface area contributed by atoms with Gasteiger partial charge in [0.2, 0.25) is 11.8 Å². The Labute approximate surface area is 177 Å². The minimum atomic E-state index is -4.08. The Hall–Kier alpha value is -2.60. The molecule has 1 fully saturated rings. The van der Waals surface area contributed by atoms with Crippen molar-refractivity contribution in [3.63, 3.8) is 0 Å². The molecule has 3 rings (SSSR count). The molecular weight excluding hydrogens is 437 g/mol. The summed E-state index contributed by atoms with van der Waals surface area (Å²) < 4.78 is 41.2. The van der Waals surface area contributed by atoms with Gasteiger partial charge in [-0.3, -0.25) is 14.6 Å². The van der Waals surface area contributed by atoms with Gasteiger partial charge in [0.15, 0.2) is 0 Å². The van der Waals surface area contributed by atoms with Crippen LogP contribution in [0.2, 0.25) is 5.02 Å². The largest absolute Gasteiger partial charge is 0.349 e.